The minimum Gasteiger partial charge on any atom is -0.496 e. The van der Waals surface area contributed by atoms with Crippen molar-refractivity contribution in [2.75, 3.05) is 24.3 Å². The van der Waals surface area contributed by atoms with E-state index in [1.165, 1.54) is 13.3 Å². The van der Waals surface area contributed by atoms with E-state index < -0.39 is 12.8 Å². The maximum atomic E-state index is 11.5. The van der Waals surface area contributed by atoms with Crippen LogP contribution in [0.4, 0.5) is 11.8 Å². The summed E-state index contributed by atoms with van der Waals surface area (Å²) in [6, 6.07) is 0. The Morgan fingerprint density at radius 2 is 2.31 bits per heavy atom. The molecule has 1 aliphatic rings. The van der Waals surface area contributed by atoms with Crippen LogP contribution in [0.25, 0.3) is 0 Å². The molecule has 0 saturated carbocycles. The average molecular weight is 380 g/mol. The van der Waals surface area contributed by atoms with Crippen LogP contribution >= 0.6 is 11.6 Å². The van der Waals surface area contributed by atoms with Crippen molar-refractivity contribution in [1.29, 1.82) is 0 Å². The van der Waals surface area contributed by atoms with E-state index in [2.05, 4.69) is 15.0 Å². The number of methoxy groups -OCH3 is 1. The van der Waals surface area contributed by atoms with Crippen LogP contribution in [-0.4, -0.2) is 34.5 Å². The van der Waals surface area contributed by atoms with Crippen LogP contribution in [0.5, 0.6) is 5.75 Å². The molecule has 4 N–H and O–H groups in total. The fourth-order valence-electron chi connectivity index (χ4n) is 3.27. The van der Waals surface area contributed by atoms with Crippen LogP contribution in [0.1, 0.15) is 38.8 Å². The number of nitrogens with zero attached hydrogens (tertiary/aromatic N) is 4. The molecule has 0 aromatic carbocycles. The Balaban J connectivity index is 2.01. The number of amides is 1. The van der Waals surface area contributed by atoms with Crippen LogP contribution in [0, 0.1) is 13.8 Å². The Hall–Kier alpha value is -2.61. The number of anilines is 2. The Morgan fingerprint density at radius 3 is 2.96 bits per heavy atom. The van der Waals surface area contributed by atoms with Crippen LogP contribution in [0.3, 0.4) is 0 Å². The van der Waals surface area contributed by atoms with Crippen LogP contribution in [0.2, 0.25) is 5.15 Å². The number of carbonyl (C=O) groups excluding carboxylic acids is 1. The summed E-state index contributed by atoms with van der Waals surface area (Å²) >= 11 is 6.26. The summed E-state index contributed by atoms with van der Waals surface area (Å²) in [5.41, 5.74) is 13.0. The summed E-state index contributed by atoms with van der Waals surface area (Å²) in [6.07, 6.45) is 1.39. The van der Waals surface area contributed by atoms with E-state index in [0.717, 1.165) is 0 Å². The molecule has 0 unspecified atom stereocenters. The van der Waals surface area contributed by atoms with Crippen LogP contribution in [0.15, 0.2) is 6.20 Å². The zero-order chi connectivity index (χ0) is 21.5. The molecule has 2 aromatic heterocycles. The summed E-state index contributed by atoms with van der Waals surface area (Å²) in [5, 5.41) is 0.182. The molecule has 2 aromatic rings. The normalized spacial score (nSPS) is 18.0. The number of nitrogens with two attached hydrogens (primary N) is 2. The molecule has 0 saturated heterocycles. The van der Waals surface area contributed by atoms with Crippen molar-refractivity contribution < 1.29 is 13.6 Å². The lowest BCUT2D eigenvalue weighted by molar-refractivity contribution is -0.118. The largest absolute Gasteiger partial charge is 0.496 e. The van der Waals surface area contributed by atoms with E-state index in [1.807, 2.05) is 4.90 Å². The number of hydrogen-bond donors (Lipinski definition) is 2. The molecular weight excluding hydrogens is 356 g/mol. The Kier molecular flexibility index (Phi) is 3.89. The maximum Gasteiger partial charge on any atom is 0.223 e. The first-order valence-corrected chi connectivity index (χ1v) is 8.29. The lowest BCUT2D eigenvalue weighted by atomic mass is 10.0. The first-order chi connectivity index (χ1) is 13.5. The quantitative estimate of drug-likeness (QED) is 0.758. The van der Waals surface area contributed by atoms with Gasteiger partial charge in [0, 0.05) is 45.9 Å². The number of fused-ring (bicyclic) bond motifs is 1. The first kappa shape index (κ1) is 14.5. The molecule has 0 fully saturated rings. The van der Waals surface area contributed by atoms with Crippen molar-refractivity contribution in [3.05, 3.63) is 33.7 Å². The van der Waals surface area contributed by atoms with Gasteiger partial charge in [-0.05, 0) is 13.8 Å². The van der Waals surface area contributed by atoms with Crippen molar-refractivity contribution in [3.8, 4) is 5.75 Å². The molecule has 0 aliphatic carbocycles. The monoisotopic (exact) mass is 379 g/mol. The van der Waals surface area contributed by atoms with E-state index in [4.69, 9.17) is 31.9 Å². The molecule has 1 atom stereocenters. The third kappa shape index (κ3) is 3.24. The highest BCUT2D eigenvalue weighted by Crippen LogP contribution is 2.41. The van der Waals surface area contributed by atoms with Gasteiger partial charge in [-0.25, -0.2) is 4.98 Å². The van der Waals surface area contributed by atoms with E-state index in [-0.39, 0.29) is 34.8 Å². The first-order valence-electron chi connectivity index (χ1n) is 9.42. The molecule has 26 heavy (non-hydrogen) atoms. The van der Waals surface area contributed by atoms with E-state index in [0.29, 0.717) is 35.7 Å². The molecule has 0 radical (unpaired) electrons. The summed E-state index contributed by atoms with van der Waals surface area (Å²) in [6.45, 7) is 0.109. The van der Waals surface area contributed by atoms with Gasteiger partial charge < -0.3 is 21.1 Å². The second kappa shape index (κ2) is 6.95. The standard InChI is InChI=1S/C17H21ClN6O2/c1-8-5-21-11(9(2)14(8)26-3)7-24-6-10(4-12(19)25)13-15(18)22-17(20)23-16(13)24/h5,10H,4,6-7H2,1-3H3,(H2,19,25)(H2,20,22,23)/t10-/m0/s1/i1D3. The number of aromatic nitrogens is 3. The predicted molar refractivity (Wildman–Crippen MR) is 99.3 cm³/mol. The smallest absolute Gasteiger partial charge is 0.223 e. The van der Waals surface area contributed by atoms with Crippen molar-refractivity contribution in [1.82, 2.24) is 15.0 Å². The number of carbonyl (C=O) groups is 1. The molecule has 3 heterocycles. The fraction of sp³-hybridized carbons (Fsp3) is 0.412. The number of ether oxygens (including phenoxy) is 1. The number of hydrogen-bond acceptors (Lipinski definition) is 7. The van der Waals surface area contributed by atoms with Gasteiger partial charge in [-0.1, -0.05) is 11.6 Å². The lowest BCUT2D eigenvalue weighted by Crippen LogP contribution is -2.25. The molecule has 8 nitrogen and oxygen atoms in total. The lowest BCUT2D eigenvalue weighted by Gasteiger charge is -2.21. The molecule has 0 bridgehead atoms. The predicted octanol–water partition coefficient (Wildman–Crippen LogP) is 1.71. The molecular formula is C17H21ClN6O2. The van der Waals surface area contributed by atoms with Crippen LogP contribution < -0.4 is 21.1 Å². The topological polar surface area (TPSA) is 120 Å². The summed E-state index contributed by atoms with van der Waals surface area (Å²) in [5.74, 6) is 0.0452. The summed E-state index contributed by atoms with van der Waals surface area (Å²) < 4.78 is 28.3. The second-order valence-electron chi connectivity index (χ2n) is 6.13. The van der Waals surface area contributed by atoms with Crippen molar-refractivity contribution in [3.63, 3.8) is 0 Å². The Labute approximate surface area is 160 Å². The number of aryl methyl sites for hydroxylation is 1. The minimum atomic E-state index is -2.34. The van der Waals surface area contributed by atoms with Crippen LogP contribution in [-0.2, 0) is 11.3 Å². The molecule has 9 heteroatoms. The average Bonchev–Trinajstić information content (AvgIpc) is 2.92. The van der Waals surface area contributed by atoms with E-state index >= 15 is 0 Å². The molecule has 1 aliphatic heterocycles. The Morgan fingerprint density at radius 1 is 1.54 bits per heavy atom. The SMILES string of the molecule is [2H]C([2H])([2H])c1cnc(CN2C[C@H](CC(N)=O)c3c(Cl)nc(N)nc32)c(C)c1OC. The van der Waals surface area contributed by atoms with Gasteiger partial charge in [0.25, 0.3) is 0 Å². The van der Waals surface area contributed by atoms with Gasteiger partial charge in [0.2, 0.25) is 11.9 Å². The fourth-order valence-corrected chi connectivity index (χ4v) is 3.59. The van der Waals surface area contributed by atoms with Gasteiger partial charge >= 0.3 is 0 Å². The summed E-state index contributed by atoms with van der Waals surface area (Å²) in [4.78, 5) is 26.0. The number of rotatable bonds is 5. The highest BCUT2D eigenvalue weighted by atomic mass is 35.5. The molecule has 0 spiro atoms. The molecule has 1 amide bonds. The number of nitrogen functional groups attached to an aromatic ring is 1. The van der Waals surface area contributed by atoms with Gasteiger partial charge in [-0.3, -0.25) is 9.78 Å². The summed E-state index contributed by atoms with van der Waals surface area (Å²) in [7, 11) is 1.42. The maximum absolute atomic E-state index is 11.5. The number of halogens is 1. The number of primary amides is 1. The highest BCUT2D eigenvalue weighted by Gasteiger charge is 2.35. The van der Waals surface area contributed by atoms with E-state index in [9.17, 15) is 4.79 Å². The van der Waals surface area contributed by atoms with Crippen molar-refractivity contribution in [2.45, 2.75) is 32.7 Å². The van der Waals surface area contributed by atoms with Gasteiger partial charge in [-0.15, -0.1) is 0 Å². The molecule has 3 rings (SSSR count). The Bertz CT molecular complexity index is 969. The van der Waals surface area contributed by atoms with Gasteiger partial charge in [0.15, 0.2) is 0 Å². The zero-order valence-electron chi connectivity index (χ0n) is 17.4. The van der Waals surface area contributed by atoms with Crippen molar-refractivity contribution in [2.24, 2.45) is 5.73 Å². The van der Waals surface area contributed by atoms with Gasteiger partial charge in [0.1, 0.15) is 16.7 Å². The minimum absolute atomic E-state index is 0.0125. The zero-order valence-corrected chi connectivity index (χ0v) is 15.2. The van der Waals surface area contributed by atoms with Gasteiger partial charge in [-0.2, -0.15) is 4.98 Å². The van der Waals surface area contributed by atoms with Gasteiger partial charge in [0.05, 0.1) is 19.3 Å². The number of pyridine rings is 1. The third-order valence-corrected chi connectivity index (χ3v) is 4.69. The second-order valence-corrected chi connectivity index (χ2v) is 6.49. The van der Waals surface area contributed by atoms with E-state index in [1.54, 1.807) is 6.92 Å². The van der Waals surface area contributed by atoms with Crippen molar-refractivity contribution >= 4 is 29.3 Å². The highest BCUT2D eigenvalue weighted by molar-refractivity contribution is 6.30. The molecule has 138 valence electrons. The third-order valence-electron chi connectivity index (χ3n) is 4.40.